The molecule has 0 spiro atoms. The summed E-state index contributed by atoms with van der Waals surface area (Å²) in [5, 5.41) is 3.91. The lowest BCUT2D eigenvalue weighted by Crippen LogP contribution is -2.28. The number of hydrogen-bond donors (Lipinski definition) is 1. The average molecular weight is 360 g/mol. The fourth-order valence-electron chi connectivity index (χ4n) is 2.50. The second-order valence-corrected chi connectivity index (χ2v) is 7.42. The van der Waals surface area contributed by atoms with Gasteiger partial charge >= 0.3 is 7.60 Å². The van der Waals surface area contributed by atoms with E-state index in [9.17, 15) is 13.8 Å². The van der Waals surface area contributed by atoms with Gasteiger partial charge in [-0.3, -0.25) is 14.2 Å². The monoisotopic (exact) mass is 360 g/mol. The van der Waals surface area contributed by atoms with Gasteiger partial charge in [-0.2, -0.15) is 5.06 Å². The highest BCUT2D eigenvalue weighted by Gasteiger charge is 2.48. The Balaban J connectivity index is 2.06. The third kappa shape index (κ3) is 4.40. The molecule has 1 fully saturated rings. The number of amides is 1. The molecule has 7 nitrogen and oxygen atoms in total. The number of hydroxylamine groups is 2. The summed E-state index contributed by atoms with van der Waals surface area (Å²) in [6.07, 6.45) is -0.716. The van der Waals surface area contributed by atoms with Crippen molar-refractivity contribution in [3.05, 3.63) is 30.1 Å². The van der Waals surface area contributed by atoms with E-state index in [1.165, 1.54) is 23.3 Å². The van der Waals surface area contributed by atoms with Crippen LogP contribution in [0.3, 0.4) is 0 Å². The van der Waals surface area contributed by atoms with Crippen LogP contribution in [0, 0.1) is 5.82 Å². The molecule has 0 aliphatic carbocycles. The maximum Gasteiger partial charge on any atom is 0.350 e. The summed E-state index contributed by atoms with van der Waals surface area (Å²) in [7, 11) is -1.86. The second-order valence-electron chi connectivity index (χ2n) is 5.23. The molecular formula is C15H22FN2O5P. The minimum atomic E-state index is -3.43. The van der Waals surface area contributed by atoms with E-state index in [1.807, 2.05) is 0 Å². The normalized spacial score (nSPS) is 21.8. The van der Waals surface area contributed by atoms with Gasteiger partial charge in [0.1, 0.15) is 11.6 Å². The van der Waals surface area contributed by atoms with Gasteiger partial charge in [0, 0.05) is 19.2 Å². The summed E-state index contributed by atoms with van der Waals surface area (Å²) in [4.78, 5) is 17.8. The molecule has 24 heavy (non-hydrogen) atoms. The minimum absolute atomic E-state index is 0.148. The van der Waals surface area contributed by atoms with E-state index in [-0.39, 0.29) is 19.6 Å². The Bertz CT molecular complexity index is 620. The highest BCUT2D eigenvalue weighted by atomic mass is 31.2. The summed E-state index contributed by atoms with van der Waals surface area (Å²) >= 11 is 0. The maximum absolute atomic E-state index is 13.2. The van der Waals surface area contributed by atoms with Crippen molar-refractivity contribution in [1.82, 2.24) is 5.06 Å². The van der Waals surface area contributed by atoms with Crippen LogP contribution in [0.1, 0.15) is 20.3 Å². The van der Waals surface area contributed by atoms with Gasteiger partial charge in [0.15, 0.2) is 6.10 Å². The summed E-state index contributed by atoms with van der Waals surface area (Å²) in [5.74, 6) is -1.58. The molecule has 1 amide bonds. The molecule has 1 aromatic carbocycles. The highest BCUT2D eigenvalue weighted by molar-refractivity contribution is 7.54. The predicted octanol–water partition coefficient (Wildman–Crippen LogP) is 2.99. The quantitative estimate of drug-likeness (QED) is 0.754. The highest BCUT2D eigenvalue weighted by Crippen LogP contribution is 2.57. The van der Waals surface area contributed by atoms with Crippen LogP contribution in [-0.4, -0.2) is 43.1 Å². The molecule has 0 unspecified atom stereocenters. The van der Waals surface area contributed by atoms with Crippen molar-refractivity contribution in [2.24, 2.45) is 0 Å². The standard InChI is InChI=1S/C15H22FN2O5P/c1-4-21-24(20,22-5-2)14-10-13(23-18(14)3)15(19)17-12-8-6-7-11(16)9-12/h6-9,13-14H,4-5,10H2,1-3H3,(H,17,19)/t13-,14-/m1/s1. The lowest BCUT2D eigenvalue weighted by Gasteiger charge is -2.25. The lowest BCUT2D eigenvalue weighted by molar-refractivity contribution is -0.155. The predicted molar refractivity (Wildman–Crippen MR) is 86.9 cm³/mol. The first-order valence-electron chi connectivity index (χ1n) is 7.74. The Kier molecular flexibility index (Phi) is 6.48. The zero-order valence-electron chi connectivity index (χ0n) is 13.9. The molecular weight excluding hydrogens is 338 g/mol. The zero-order valence-corrected chi connectivity index (χ0v) is 14.8. The Morgan fingerprint density at radius 3 is 2.67 bits per heavy atom. The number of nitrogens with zero attached hydrogens (tertiary/aromatic N) is 1. The number of carbonyl (C=O) groups excluding carboxylic acids is 1. The van der Waals surface area contributed by atoms with Crippen LogP contribution in [0.2, 0.25) is 0 Å². The van der Waals surface area contributed by atoms with Gasteiger partial charge in [-0.25, -0.2) is 4.39 Å². The number of hydrogen-bond acceptors (Lipinski definition) is 6. The van der Waals surface area contributed by atoms with E-state index in [2.05, 4.69) is 5.32 Å². The molecule has 2 rings (SSSR count). The van der Waals surface area contributed by atoms with Crippen LogP contribution >= 0.6 is 7.60 Å². The van der Waals surface area contributed by atoms with Crippen molar-refractivity contribution in [2.45, 2.75) is 32.2 Å². The van der Waals surface area contributed by atoms with Crippen LogP contribution in [0.25, 0.3) is 0 Å². The second kappa shape index (κ2) is 8.18. The number of halogens is 1. The smallest absolute Gasteiger partial charge is 0.324 e. The number of carbonyl (C=O) groups is 1. The van der Waals surface area contributed by atoms with E-state index < -0.39 is 31.2 Å². The number of rotatable bonds is 7. The van der Waals surface area contributed by atoms with Gasteiger partial charge < -0.3 is 14.4 Å². The zero-order chi connectivity index (χ0) is 17.7. The van der Waals surface area contributed by atoms with Crippen molar-refractivity contribution in [1.29, 1.82) is 0 Å². The molecule has 1 aliphatic heterocycles. The summed E-state index contributed by atoms with van der Waals surface area (Å²) < 4.78 is 36.7. The van der Waals surface area contributed by atoms with Gasteiger partial charge in [0.25, 0.3) is 5.91 Å². The third-order valence-corrected chi connectivity index (χ3v) is 6.01. The average Bonchev–Trinajstić information content (AvgIpc) is 2.90. The van der Waals surface area contributed by atoms with Gasteiger partial charge in [-0.05, 0) is 32.0 Å². The van der Waals surface area contributed by atoms with Gasteiger partial charge in [-0.15, -0.1) is 0 Å². The topological polar surface area (TPSA) is 77.1 Å². The molecule has 0 aromatic heterocycles. The molecule has 134 valence electrons. The molecule has 1 aromatic rings. The van der Waals surface area contributed by atoms with Crippen molar-refractivity contribution < 1.29 is 27.6 Å². The minimum Gasteiger partial charge on any atom is -0.324 e. The Hall–Kier alpha value is -1.31. The summed E-state index contributed by atoms with van der Waals surface area (Å²) in [5.41, 5.74) is 0.326. The first kappa shape index (κ1) is 19.0. The first-order valence-corrected chi connectivity index (χ1v) is 9.35. The summed E-state index contributed by atoms with van der Waals surface area (Å²) in [6.45, 7) is 3.88. The van der Waals surface area contributed by atoms with Crippen LogP contribution in [0.4, 0.5) is 10.1 Å². The first-order chi connectivity index (χ1) is 11.4. The molecule has 1 saturated heterocycles. The van der Waals surface area contributed by atoms with Gasteiger partial charge in [0.2, 0.25) is 0 Å². The fourth-order valence-corrected chi connectivity index (χ4v) is 4.54. The Morgan fingerprint density at radius 2 is 2.08 bits per heavy atom. The van der Waals surface area contributed by atoms with E-state index in [1.54, 1.807) is 27.0 Å². The molecule has 0 bridgehead atoms. The fraction of sp³-hybridized carbons (Fsp3) is 0.533. The third-order valence-electron chi connectivity index (χ3n) is 3.51. The van der Waals surface area contributed by atoms with Gasteiger partial charge in [0.05, 0.1) is 13.2 Å². The molecule has 0 saturated carbocycles. The van der Waals surface area contributed by atoms with E-state index >= 15 is 0 Å². The van der Waals surface area contributed by atoms with Crippen LogP contribution in [0.5, 0.6) is 0 Å². The van der Waals surface area contributed by atoms with Crippen molar-refractivity contribution in [3.8, 4) is 0 Å². The number of anilines is 1. The Morgan fingerprint density at radius 1 is 1.42 bits per heavy atom. The van der Waals surface area contributed by atoms with Crippen molar-refractivity contribution >= 4 is 19.2 Å². The molecule has 1 aliphatic rings. The molecule has 2 atom stereocenters. The number of nitrogens with one attached hydrogen (secondary N) is 1. The SMILES string of the molecule is CCOP(=O)(OCC)[C@@H]1C[C@H](C(=O)Nc2cccc(F)c2)ON1C. The molecule has 1 heterocycles. The van der Waals surface area contributed by atoms with E-state index in [0.29, 0.717) is 5.69 Å². The van der Waals surface area contributed by atoms with Crippen molar-refractivity contribution in [2.75, 3.05) is 25.6 Å². The lowest BCUT2D eigenvalue weighted by atomic mass is 10.2. The van der Waals surface area contributed by atoms with Crippen LogP contribution < -0.4 is 5.32 Å². The molecule has 1 N–H and O–H groups in total. The maximum atomic E-state index is 13.2. The van der Waals surface area contributed by atoms with E-state index in [0.717, 1.165) is 0 Å². The van der Waals surface area contributed by atoms with Gasteiger partial charge in [-0.1, -0.05) is 6.07 Å². The number of benzene rings is 1. The summed E-state index contributed by atoms with van der Waals surface area (Å²) in [6, 6.07) is 5.56. The van der Waals surface area contributed by atoms with Crippen LogP contribution in [0.15, 0.2) is 24.3 Å². The Labute approximate surface area is 140 Å². The largest absolute Gasteiger partial charge is 0.350 e. The van der Waals surface area contributed by atoms with Crippen LogP contribution in [-0.2, 0) is 23.2 Å². The van der Waals surface area contributed by atoms with Crippen molar-refractivity contribution in [3.63, 3.8) is 0 Å². The van der Waals surface area contributed by atoms with E-state index in [4.69, 9.17) is 13.9 Å². The molecule has 9 heteroatoms. The molecule has 0 radical (unpaired) electrons.